The number of benzene rings is 1. The van der Waals surface area contributed by atoms with Gasteiger partial charge in [0.05, 0.1) is 17.7 Å². The summed E-state index contributed by atoms with van der Waals surface area (Å²) in [6.07, 6.45) is -3.17. The number of halogens is 6. The minimum Gasteiger partial charge on any atom is -0.493 e. The van der Waals surface area contributed by atoms with Crippen molar-refractivity contribution in [1.82, 2.24) is 19.6 Å². The lowest BCUT2D eigenvalue weighted by Gasteiger charge is -2.21. The van der Waals surface area contributed by atoms with Gasteiger partial charge in [0.2, 0.25) is 0 Å². The summed E-state index contributed by atoms with van der Waals surface area (Å²) in [5, 5.41) is 5.49. The largest absolute Gasteiger partial charge is 0.493 e. The third-order valence-corrected chi connectivity index (χ3v) is 4.38. The Balaban J connectivity index is 2.16. The molecule has 0 aliphatic rings. The van der Waals surface area contributed by atoms with Crippen LogP contribution in [0.5, 0.6) is 5.75 Å². The fourth-order valence-electron chi connectivity index (χ4n) is 2.60. The molecular formula is C17H16ClF5N6O. The summed E-state index contributed by atoms with van der Waals surface area (Å²) in [5.41, 5.74) is 4.22. The van der Waals surface area contributed by atoms with Crippen molar-refractivity contribution >= 4 is 23.2 Å². The van der Waals surface area contributed by atoms with Crippen LogP contribution in [0.25, 0.3) is 16.9 Å². The Morgan fingerprint density at radius 3 is 2.50 bits per heavy atom. The number of alkyl halides is 3. The zero-order valence-corrected chi connectivity index (χ0v) is 16.2. The van der Waals surface area contributed by atoms with Crippen molar-refractivity contribution in [3.05, 3.63) is 35.2 Å². The second kappa shape index (κ2) is 8.56. The van der Waals surface area contributed by atoms with E-state index in [1.807, 2.05) is 0 Å². The monoisotopic (exact) mass is 450 g/mol. The minimum atomic E-state index is -4.66. The first-order valence-electron chi connectivity index (χ1n) is 8.68. The number of nitrogens with one attached hydrogen (secondary N) is 1. The number of hydrogen-bond donors (Lipinski definition) is 2. The number of anilines is 1. The van der Waals surface area contributed by atoms with Gasteiger partial charge in [-0.05, 0) is 19.9 Å². The van der Waals surface area contributed by atoms with E-state index in [9.17, 15) is 22.0 Å². The standard InChI is InChI=1S/C17H16ClF5N6O/c1-8(17(21,22)23)27-15-13(14(18)28-16-25-7-26-29(15)16)12-10(19)5-9(6-11(12)20)30-4-2-3-24/h5-8,27H,2-4,24H2,1H3. The molecule has 2 heterocycles. The van der Waals surface area contributed by atoms with Crippen molar-refractivity contribution in [2.45, 2.75) is 25.6 Å². The average Bonchev–Trinajstić information content (AvgIpc) is 3.10. The van der Waals surface area contributed by atoms with Crippen LogP contribution in [0.4, 0.5) is 27.8 Å². The van der Waals surface area contributed by atoms with E-state index in [4.69, 9.17) is 22.1 Å². The molecule has 0 spiro atoms. The van der Waals surface area contributed by atoms with E-state index >= 15 is 0 Å². The maximum atomic E-state index is 14.8. The van der Waals surface area contributed by atoms with E-state index in [1.165, 1.54) is 0 Å². The smallest absolute Gasteiger partial charge is 0.408 e. The molecule has 0 aliphatic heterocycles. The number of ether oxygens (including phenoxy) is 1. The highest BCUT2D eigenvalue weighted by Crippen LogP contribution is 2.39. The zero-order chi connectivity index (χ0) is 22.1. The van der Waals surface area contributed by atoms with Crippen LogP contribution in [0.3, 0.4) is 0 Å². The second-order valence-electron chi connectivity index (χ2n) is 6.26. The van der Waals surface area contributed by atoms with Crippen molar-refractivity contribution < 1.29 is 26.7 Å². The summed E-state index contributed by atoms with van der Waals surface area (Å²) < 4.78 is 75.2. The molecule has 0 saturated carbocycles. The van der Waals surface area contributed by atoms with Gasteiger partial charge in [-0.15, -0.1) is 0 Å². The molecule has 0 radical (unpaired) electrons. The van der Waals surface area contributed by atoms with Gasteiger partial charge in [0.25, 0.3) is 5.78 Å². The molecule has 1 aromatic carbocycles. The van der Waals surface area contributed by atoms with E-state index in [0.717, 1.165) is 29.9 Å². The molecule has 13 heteroatoms. The van der Waals surface area contributed by atoms with Crippen LogP contribution in [-0.2, 0) is 0 Å². The molecule has 3 N–H and O–H groups in total. The molecule has 2 aromatic heterocycles. The Labute approximate surface area is 172 Å². The van der Waals surface area contributed by atoms with Gasteiger partial charge < -0.3 is 15.8 Å². The molecule has 162 valence electrons. The maximum absolute atomic E-state index is 14.8. The van der Waals surface area contributed by atoms with Gasteiger partial charge in [-0.25, -0.2) is 8.78 Å². The van der Waals surface area contributed by atoms with Crippen LogP contribution >= 0.6 is 11.6 Å². The summed E-state index contributed by atoms with van der Waals surface area (Å²) >= 11 is 6.09. The third-order valence-electron chi connectivity index (χ3n) is 4.11. The Morgan fingerprint density at radius 2 is 1.90 bits per heavy atom. The number of hydrogen-bond acceptors (Lipinski definition) is 6. The fourth-order valence-corrected chi connectivity index (χ4v) is 2.86. The van der Waals surface area contributed by atoms with Crippen LogP contribution in [0.15, 0.2) is 18.5 Å². The average molecular weight is 451 g/mol. The van der Waals surface area contributed by atoms with Gasteiger partial charge >= 0.3 is 6.18 Å². The quantitative estimate of drug-likeness (QED) is 0.323. The number of aromatic nitrogens is 4. The van der Waals surface area contributed by atoms with Gasteiger partial charge in [0.15, 0.2) is 0 Å². The van der Waals surface area contributed by atoms with Crippen LogP contribution in [0.2, 0.25) is 5.15 Å². The van der Waals surface area contributed by atoms with Crippen molar-refractivity contribution in [2.24, 2.45) is 5.73 Å². The SMILES string of the molecule is CC(Nc1c(-c2c(F)cc(OCCCN)cc2F)c(Cl)nc2ncnn12)C(F)(F)F. The Morgan fingerprint density at radius 1 is 1.23 bits per heavy atom. The lowest BCUT2D eigenvalue weighted by Crippen LogP contribution is -2.34. The molecule has 0 aliphatic carbocycles. The zero-order valence-electron chi connectivity index (χ0n) is 15.5. The summed E-state index contributed by atoms with van der Waals surface area (Å²) in [4.78, 5) is 7.63. The highest BCUT2D eigenvalue weighted by atomic mass is 35.5. The normalized spacial score (nSPS) is 12.9. The first-order chi connectivity index (χ1) is 14.1. The van der Waals surface area contributed by atoms with E-state index in [-0.39, 0.29) is 18.1 Å². The highest BCUT2D eigenvalue weighted by molar-refractivity contribution is 6.33. The fraction of sp³-hybridized carbons (Fsp3) is 0.353. The van der Waals surface area contributed by atoms with E-state index in [1.54, 1.807) is 0 Å². The van der Waals surface area contributed by atoms with Crippen molar-refractivity contribution in [3.8, 4) is 16.9 Å². The lowest BCUT2D eigenvalue weighted by molar-refractivity contribution is -0.138. The van der Waals surface area contributed by atoms with Crippen molar-refractivity contribution in [1.29, 1.82) is 0 Å². The molecule has 0 saturated heterocycles. The summed E-state index contributed by atoms with van der Waals surface area (Å²) in [6.45, 7) is 1.30. The minimum absolute atomic E-state index is 0.105. The molecule has 0 fully saturated rings. The van der Waals surface area contributed by atoms with Crippen LogP contribution in [0, 0.1) is 11.6 Å². The summed E-state index contributed by atoms with van der Waals surface area (Å²) in [5.74, 6) is -2.89. The molecule has 0 amide bonds. The van der Waals surface area contributed by atoms with E-state index in [0.29, 0.717) is 13.0 Å². The highest BCUT2D eigenvalue weighted by Gasteiger charge is 2.37. The molecule has 3 rings (SSSR count). The molecule has 7 nitrogen and oxygen atoms in total. The van der Waals surface area contributed by atoms with Gasteiger partial charge in [-0.1, -0.05) is 11.6 Å². The van der Waals surface area contributed by atoms with Gasteiger partial charge in [-0.3, -0.25) is 0 Å². The Hall–Kier alpha value is -2.73. The predicted molar refractivity (Wildman–Crippen MR) is 99.5 cm³/mol. The van der Waals surface area contributed by atoms with E-state index in [2.05, 4.69) is 20.4 Å². The lowest BCUT2D eigenvalue weighted by atomic mass is 10.1. The molecule has 0 bridgehead atoms. The second-order valence-corrected chi connectivity index (χ2v) is 6.62. The third kappa shape index (κ3) is 4.38. The van der Waals surface area contributed by atoms with Crippen molar-refractivity contribution in [2.75, 3.05) is 18.5 Å². The summed E-state index contributed by atoms with van der Waals surface area (Å²) in [6, 6.07) is -0.297. The summed E-state index contributed by atoms with van der Waals surface area (Å²) in [7, 11) is 0. The Kier molecular flexibility index (Phi) is 6.27. The molecule has 30 heavy (non-hydrogen) atoms. The molecular weight excluding hydrogens is 435 g/mol. The molecule has 1 unspecified atom stereocenters. The number of fused-ring (bicyclic) bond motifs is 1. The van der Waals surface area contributed by atoms with Crippen LogP contribution in [-0.4, -0.2) is 45.0 Å². The van der Waals surface area contributed by atoms with Gasteiger partial charge in [-0.2, -0.15) is 32.8 Å². The van der Waals surface area contributed by atoms with Crippen molar-refractivity contribution in [3.63, 3.8) is 0 Å². The predicted octanol–water partition coefficient (Wildman–Crippen LogP) is 3.81. The Bertz CT molecular complexity index is 1030. The van der Waals surface area contributed by atoms with E-state index < -0.39 is 46.0 Å². The first kappa shape index (κ1) is 22.0. The molecule has 1 atom stereocenters. The number of nitrogens with two attached hydrogens (primary N) is 1. The topological polar surface area (TPSA) is 90.4 Å². The first-order valence-corrected chi connectivity index (χ1v) is 9.06. The van der Waals surface area contributed by atoms with Gasteiger partial charge in [0, 0.05) is 12.1 Å². The number of nitrogens with zero attached hydrogens (tertiary/aromatic N) is 4. The van der Waals surface area contributed by atoms with Crippen LogP contribution < -0.4 is 15.8 Å². The van der Waals surface area contributed by atoms with Gasteiger partial charge in [0.1, 0.15) is 40.7 Å². The van der Waals surface area contributed by atoms with Crippen LogP contribution in [0.1, 0.15) is 13.3 Å². The maximum Gasteiger partial charge on any atom is 0.408 e. The number of rotatable bonds is 7. The molecule has 3 aromatic rings.